The van der Waals surface area contributed by atoms with Crippen molar-refractivity contribution >= 4 is 40.6 Å². The molecule has 3 fully saturated rings. The van der Waals surface area contributed by atoms with Crippen LogP contribution < -0.4 is 0 Å². The Balaban J connectivity index is 1.38. The predicted molar refractivity (Wildman–Crippen MR) is 181 cm³/mol. The fraction of sp³-hybridized carbons (Fsp3) is 0.472. The number of aromatic nitrogens is 3. The first-order chi connectivity index (χ1) is 22.8. The molecule has 3 unspecified atom stereocenters. The van der Waals surface area contributed by atoms with Crippen molar-refractivity contribution in [2.45, 2.75) is 67.8 Å². The fourth-order valence-corrected chi connectivity index (χ4v) is 10.3. The molecule has 2 bridgehead atoms. The summed E-state index contributed by atoms with van der Waals surface area (Å²) in [7, 11) is 0. The van der Waals surface area contributed by atoms with Gasteiger partial charge in [0.05, 0.1) is 41.4 Å². The molecule has 0 saturated carbocycles. The third kappa shape index (κ3) is 5.88. The molecule has 3 aromatic rings. The van der Waals surface area contributed by atoms with E-state index in [2.05, 4.69) is 30.4 Å². The predicted octanol–water partition coefficient (Wildman–Crippen LogP) is 4.24. The van der Waals surface area contributed by atoms with E-state index in [0.717, 1.165) is 23.9 Å². The Hall–Kier alpha value is -3.96. The normalized spacial score (nSPS) is 26.7. The lowest BCUT2D eigenvalue weighted by molar-refractivity contribution is -0.155. The molecule has 1 aromatic heterocycles. The average molecular weight is 658 g/mol. The summed E-state index contributed by atoms with van der Waals surface area (Å²) in [5.41, 5.74) is 2.43. The quantitative estimate of drug-likeness (QED) is 0.147. The molecule has 3 aliphatic rings. The van der Waals surface area contributed by atoms with Crippen LogP contribution >= 0.6 is 11.8 Å². The zero-order chi connectivity index (χ0) is 33.1. The van der Waals surface area contributed by atoms with Crippen LogP contribution in [0.5, 0.6) is 0 Å². The number of hydrogen-bond acceptors (Lipinski definition) is 8. The highest BCUT2D eigenvalue weighted by Crippen LogP contribution is 2.69. The molecule has 7 atom stereocenters. The van der Waals surface area contributed by atoms with E-state index in [1.54, 1.807) is 32.3 Å². The molecule has 3 aliphatic heterocycles. The molecular weight excluding hydrogens is 614 g/mol. The van der Waals surface area contributed by atoms with Crippen molar-refractivity contribution in [1.82, 2.24) is 24.8 Å². The van der Waals surface area contributed by atoms with Crippen LogP contribution in [-0.2, 0) is 32.2 Å². The number of fused-ring (bicyclic) bond motifs is 2. The summed E-state index contributed by atoms with van der Waals surface area (Å²) in [6.07, 6.45) is 6.99. The number of likely N-dealkylation sites (tertiary alicyclic amines) is 1. The second kappa shape index (κ2) is 14.0. The van der Waals surface area contributed by atoms with E-state index in [1.807, 2.05) is 60.7 Å². The van der Waals surface area contributed by atoms with Gasteiger partial charge in [0.2, 0.25) is 11.8 Å². The lowest BCUT2D eigenvalue weighted by Crippen LogP contribution is -2.59. The molecule has 248 valence electrons. The van der Waals surface area contributed by atoms with Crippen molar-refractivity contribution in [3.8, 4) is 0 Å². The largest absolute Gasteiger partial charge is 0.465 e. The van der Waals surface area contributed by atoms with E-state index >= 15 is 4.79 Å². The molecule has 6 rings (SSSR count). The third-order valence-electron chi connectivity index (χ3n) is 10.0. The maximum absolute atomic E-state index is 15.0. The molecule has 4 heterocycles. The monoisotopic (exact) mass is 657 g/mol. The molecule has 10 nitrogen and oxygen atoms in total. The molecule has 0 radical (unpaired) electrons. The summed E-state index contributed by atoms with van der Waals surface area (Å²) in [5.74, 6) is -2.33. The van der Waals surface area contributed by atoms with E-state index in [0.29, 0.717) is 24.8 Å². The average Bonchev–Trinajstić information content (AvgIpc) is 3.81. The molecule has 0 aliphatic carbocycles. The maximum atomic E-state index is 15.0. The highest BCUT2D eigenvalue weighted by Gasteiger charge is 2.77. The van der Waals surface area contributed by atoms with Crippen LogP contribution in [0.2, 0.25) is 0 Å². The van der Waals surface area contributed by atoms with Crippen LogP contribution in [0.25, 0.3) is 11.0 Å². The Kier molecular flexibility index (Phi) is 9.84. The van der Waals surface area contributed by atoms with Crippen LogP contribution in [0.3, 0.4) is 0 Å². The van der Waals surface area contributed by atoms with Crippen LogP contribution in [0, 0.1) is 17.8 Å². The minimum absolute atomic E-state index is 0.0316. The van der Waals surface area contributed by atoms with E-state index < -0.39 is 28.7 Å². The SMILES string of the molecule is C=CCCCCOC(=O)[C@@H]1[C@@H]2CC(C)C3(S2)C(C(=O)N(CC=C)Cn2nnc4ccccc42)N([C@@H](CO)Cc2ccccc2)C(=O)[C@H]13. The first-order valence-corrected chi connectivity index (χ1v) is 17.3. The number of nitrogens with zero attached hydrogens (tertiary/aromatic N) is 5. The van der Waals surface area contributed by atoms with Gasteiger partial charge in [0.25, 0.3) is 0 Å². The number of carbonyl (C=O) groups excluding carboxylic acids is 3. The molecule has 3 saturated heterocycles. The second-order valence-corrected chi connectivity index (χ2v) is 14.4. The lowest BCUT2D eigenvalue weighted by Gasteiger charge is -2.42. The first kappa shape index (κ1) is 33.0. The molecular formula is C36H43N5O5S. The van der Waals surface area contributed by atoms with Crippen LogP contribution in [0.1, 0.15) is 38.2 Å². The van der Waals surface area contributed by atoms with E-state index in [1.165, 1.54) is 0 Å². The van der Waals surface area contributed by atoms with Gasteiger partial charge in [0.15, 0.2) is 0 Å². The Morgan fingerprint density at radius 3 is 2.66 bits per heavy atom. The number of unbranched alkanes of at least 4 members (excludes halogenated alkanes) is 2. The number of esters is 1. The van der Waals surface area contributed by atoms with Gasteiger partial charge in [-0.1, -0.05) is 66.8 Å². The number of benzene rings is 2. The van der Waals surface area contributed by atoms with Crippen molar-refractivity contribution in [2.75, 3.05) is 19.8 Å². The van der Waals surface area contributed by atoms with Gasteiger partial charge in [-0.05, 0) is 55.7 Å². The molecule has 2 aromatic carbocycles. The van der Waals surface area contributed by atoms with Crippen molar-refractivity contribution in [3.63, 3.8) is 0 Å². The smallest absolute Gasteiger partial charge is 0.310 e. The molecule has 11 heteroatoms. The maximum Gasteiger partial charge on any atom is 0.310 e. The zero-order valence-electron chi connectivity index (χ0n) is 26.8. The lowest BCUT2D eigenvalue weighted by atomic mass is 9.66. The molecule has 47 heavy (non-hydrogen) atoms. The molecule has 1 spiro atoms. The van der Waals surface area contributed by atoms with Gasteiger partial charge in [-0.3, -0.25) is 14.4 Å². The Morgan fingerprint density at radius 2 is 1.91 bits per heavy atom. The number of aliphatic hydroxyl groups is 1. The third-order valence-corrected chi connectivity index (χ3v) is 12.1. The van der Waals surface area contributed by atoms with Gasteiger partial charge >= 0.3 is 5.97 Å². The fourth-order valence-electron chi connectivity index (χ4n) is 7.93. The van der Waals surface area contributed by atoms with Crippen molar-refractivity contribution in [1.29, 1.82) is 0 Å². The van der Waals surface area contributed by atoms with Crippen molar-refractivity contribution in [3.05, 3.63) is 85.5 Å². The number of amides is 2. The first-order valence-electron chi connectivity index (χ1n) is 16.5. The topological polar surface area (TPSA) is 118 Å². The van der Waals surface area contributed by atoms with Crippen LogP contribution in [-0.4, -0.2) is 89.5 Å². The van der Waals surface area contributed by atoms with Gasteiger partial charge in [-0.25, -0.2) is 4.68 Å². The van der Waals surface area contributed by atoms with Crippen molar-refractivity contribution < 1.29 is 24.2 Å². The minimum Gasteiger partial charge on any atom is -0.465 e. The van der Waals surface area contributed by atoms with E-state index in [-0.39, 0.29) is 55.4 Å². The Morgan fingerprint density at radius 1 is 1.15 bits per heavy atom. The number of rotatable bonds is 15. The van der Waals surface area contributed by atoms with Crippen molar-refractivity contribution in [2.24, 2.45) is 17.8 Å². The zero-order valence-corrected chi connectivity index (χ0v) is 27.6. The van der Waals surface area contributed by atoms with E-state index in [4.69, 9.17) is 4.74 Å². The highest BCUT2D eigenvalue weighted by atomic mass is 32.2. The summed E-state index contributed by atoms with van der Waals surface area (Å²) in [5, 5.41) is 19.3. The summed E-state index contributed by atoms with van der Waals surface area (Å²) < 4.78 is 6.60. The van der Waals surface area contributed by atoms with Crippen LogP contribution in [0.15, 0.2) is 79.9 Å². The van der Waals surface area contributed by atoms with Gasteiger partial charge in [-0.2, -0.15) is 0 Å². The molecule has 2 amide bonds. The number of para-hydroxylation sites is 1. The number of carbonyl (C=O) groups is 3. The summed E-state index contributed by atoms with van der Waals surface area (Å²) >= 11 is 1.60. The van der Waals surface area contributed by atoms with Gasteiger partial charge in [-0.15, -0.1) is 30.0 Å². The standard InChI is InChI=1S/C36H43N5O5S/c1-4-6-7-13-19-46-35(45)30-29-20-24(3)36(47-29)31(30)33(43)41(26(22-42)21-25-14-9-8-10-15-25)32(36)34(44)39(18-5-2)23-40-28-17-12-11-16-27(28)37-38-40/h4-5,8-12,14-17,24,26,29-32,42H,1-2,6-7,13,18-23H2,3H3/t24?,26-,29+,30-,31+,32?,36?/m1/s1. The number of ether oxygens (including phenoxy) is 1. The molecule has 1 N–H and O–H groups in total. The number of hydrogen-bond donors (Lipinski definition) is 1. The van der Waals surface area contributed by atoms with E-state index in [9.17, 15) is 14.7 Å². The number of thioether (sulfide) groups is 1. The minimum atomic E-state index is -0.911. The van der Waals surface area contributed by atoms with Gasteiger partial charge in [0.1, 0.15) is 18.2 Å². The Labute approximate surface area is 279 Å². The number of allylic oxidation sites excluding steroid dienone is 1. The summed E-state index contributed by atoms with van der Waals surface area (Å²) in [4.78, 5) is 46.8. The highest BCUT2D eigenvalue weighted by molar-refractivity contribution is 8.02. The number of aliphatic hydroxyl groups excluding tert-OH is 1. The Bertz CT molecular complexity index is 1630. The van der Waals surface area contributed by atoms with Gasteiger partial charge in [0, 0.05) is 11.8 Å². The van der Waals surface area contributed by atoms with Crippen LogP contribution in [0.4, 0.5) is 0 Å². The van der Waals surface area contributed by atoms with Gasteiger partial charge < -0.3 is 19.6 Å². The summed E-state index contributed by atoms with van der Waals surface area (Å²) in [6.45, 7) is 10.0. The second-order valence-electron chi connectivity index (χ2n) is 12.8. The summed E-state index contributed by atoms with van der Waals surface area (Å²) in [6, 6.07) is 15.6.